The van der Waals surface area contributed by atoms with Crippen molar-refractivity contribution in [2.24, 2.45) is 11.8 Å². The summed E-state index contributed by atoms with van der Waals surface area (Å²) in [7, 11) is 0. The van der Waals surface area contributed by atoms with Crippen molar-refractivity contribution in [3.63, 3.8) is 0 Å². The van der Waals surface area contributed by atoms with Gasteiger partial charge in [-0.3, -0.25) is 28.8 Å². The molecule has 12 heteroatoms. The molecule has 0 aromatic heterocycles. The van der Waals surface area contributed by atoms with Gasteiger partial charge >= 0.3 is 0 Å². The van der Waals surface area contributed by atoms with Crippen molar-refractivity contribution in [2.75, 3.05) is 6.67 Å². The van der Waals surface area contributed by atoms with Gasteiger partial charge in [-0.2, -0.15) is 0 Å². The Balaban J connectivity index is 4.41. The molecule has 0 aromatic carbocycles. The molecular formula is C21H40N6O6+2. The van der Waals surface area contributed by atoms with Crippen molar-refractivity contribution in [1.82, 2.24) is 21.3 Å². The van der Waals surface area contributed by atoms with Crippen LogP contribution in [0.4, 0.5) is 0 Å². The van der Waals surface area contributed by atoms with Gasteiger partial charge in [0.25, 0.3) is 11.8 Å². The van der Waals surface area contributed by atoms with Gasteiger partial charge in [-0.25, -0.2) is 0 Å². The molecule has 4 amide bonds. The fourth-order valence-electron chi connectivity index (χ4n) is 2.58. The zero-order valence-electron chi connectivity index (χ0n) is 20.4. The fraction of sp³-hybridized carbons (Fsp3) is 0.714. The lowest BCUT2D eigenvalue weighted by Gasteiger charge is -2.18. The third kappa shape index (κ3) is 11.5. The van der Waals surface area contributed by atoms with Crippen LogP contribution in [0.15, 0.2) is 0 Å². The normalized spacial score (nSPS) is 16.2. The number of quaternary nitrogens is 2. The van der Waals surface area contributed by atoms with Crippen molar-refractivity contribution < 1.29 is 40.2 Å². The minimum atomic E-state index is -0.737. The maximum absolute atomic E-state index is 12.2. The Morgan fingerprint density at radius 3 is 1.15 bits per heavy atom. The van der Waals surface area contributed by atoms with Gasteiger partial charge < -0.3 is 32.7 Å². The Hall–Kier alpha value is -2.86. The molecule has 0 rings (SSSR count). The number of amides is 4. The van der Waals surface area contributed by atoms with E-state index in [1.807, 2.05) is 0 Å². The van der Waals surface area contributed by atoms with Crippen LogP contribution in [-0.4, -0.2) is 66.0 Å². The van der Waals surface area contributed by atoms with Crippen LogP contribution in [0.3, 0.4) is 0 Å². The highest BCUT2D eigenvalue weighted by Gasteiger charge is 2.25. The minimum Gasteiger partial charge on any atom is -0.348 e. The topological polar surface area (TPSA) is 206 Å². The molecule has 188 valence electrons. The predicted octanol–water partition coefficient (Wildman–Crippen LogP) is -3.36. The molecule has 0 heterocycles. The quantitative estimate of drug-likeness (QED) is 0.142. The van der Waals surface area contributed by atoms with Crippen LogP contribution < -0.4 is 32.7 Å². The van der Waals surface area contributed by atoms with Crippen LogP contribution in [0, 0.1) is 11.8 Å². The lowest BCUT2D eigenvalue weighted by atomic mass is 9.99. The summed E-state index contributed by atoms with van der Waals surface area (Å²) in [4.78, 5) is 72.1. The molecule has 33 heavy (non-hydrogen) atoms. The first-order chi connectivity index (χ1) is 15.2. The summed E-state index contributed by atoms with van der Waals surface area (Å²) in [6.45, 7) is 9.28. The summed E-state index contributed by atoms with van der Waals surface area (Å²) in [6, 6.07) is -2.47. The van der Waals surface area contributed by atoms with Gasteiger partial charge in [-0.1, -0.05) is 13.8 Å². The van der Waals surface area contributed by atoms with Crippen molar-refractivity contribution in [1.29, 1.82) is 0 Å². The van der Waals surface area contributed by atoms with Crippen LogP contribution >= 0.6 is 0 Å². The number of rotatable bonds is 14. The minimum absolute atomic E-state index is 0.0762. The van der Waals surface area contributed by atoms with E-state index < -0.39 is 47.8 Å². The van der Waals surface area contributed by atoms with E-state index in [4.69, 9.17) is 0 Å². The highest BCUT2D eigenvalue weighted by Crippen LogP contribution is 2.07. The number of carbonyl (C=O) groups is 6. The van der Waals surface area contributed by atoms with Crippen LogP contribution in [0.2, 0.25) is 0 Å². The molecule has 0 radical (unpaired) electrons. The largest absolute Gasteiger partial charge is 0.348 e. The lowest BCUT2D eigenvalue weighted by molar-refractivity contribution is -0.398. The standard InChI is InChI=1S/C21H38N6O6/c1-10(7-16(28)14(5)26-20(32)12(3)22)18(30)24-9-25-19(31)11(2)8-17(29)15(6)27-21(33)13(4)23/h10-15H,7-9,22-23H2,1-6H3,(H,24,30)(H,25,31)(H,26,32)(H,27,33)/p+2. The fourth-order valence-corrected chi connectivity index (χ4v) is 2.58. The highest BCUT2D eigenvalue weighted by molar-refractivity contribution is 5.93. The van der Waals surface area contributed by atoms with E-state index in [1.165, 1.54) is 0 Å². The van der Waals surface area contributed by atoms with E-state index in [1.54, 1.807) is 41.5 Å². The predicted molar refractivity (Wildman–Crippen MR) is 119 cm³/mol. The molecule has 6 atom stereocenters. The molecule has 12 nitrogen and oxygen atoms in total. The second kappa shape index (κ2) is 14.3. The van der Waals surface area contributed by atoms with Crippen LogP contribution in [0.1, 0.15) is 54.4 Å². The van der Waals surface area contributed by atoms with Gasteiger partial charge in [0.15, 0.2) is 23.7 Å². The Morgan fingerprint density at radius 1 is 0.576 bits per heavy atom. The zero-order valence-corrected chi connectivity index (χ0v) is 20.4. The summed E-state index contributed by atoms with van der Waals surface area (Å²) in [5.74, 6) is -3.48. The average Bonchev–Trinajstić information content (AvgIpc) is 2.72. The number of Topliss-reactive ketones (excluding diaryl/α,β-unsaturated/α-hetero) is 2. The van der Waals surface area contributed by atoms with E-state index in [-0.39, 0.29) is 42.9 Å². The molecule has 0 saturated heterocycles. The van der Waals surface area contributed by atoms with Gasteiger partial charge in [0.1, 0.15) is 0 Å². The Kier molecular flexibility index (Phi) is 13.1. The van der Waals surface area contributed by atoms with E-state index in [0.29, 0.717) is 0 Å². The number of carbonyl (C=O) groups excluding carboxylic acids is 6. The molecule has 0 bridgehead atoms. The molecular weight excluding hydrogens is 432 g/mol. The summed E-state index contributed by atoms with van der Waals surface area (Å²) < 4.78 is 0. The van der Waals surface area contributed by atoms with E-state index in [9.17, 15) is 28.8 Å². The third-order valence-electron chi connectivity index (χ3n) is 5.01. The van der Waals surface area contributed by atoms with Gasteiger partial charge in [-0.15, -0.1) is 0 Å². The van der Waals surface area contributed by atoms with Gasteiger partial charge in [0.05, 0.1) is 18.8 Å². The summed E-state index contributed by atoms with van der Waals surface area (Å²) in [5, 5.41) is 10.1. The summed E-state index contributed by atoms with van der Waals surface area (Å²) >= 11 is 0. The number of hydrogen-bond acceptors (Lipinski definition) is 6. The molecule has 0 aliphatic heterocycles. The molecule has 0 spiro atoms. The average molecular weight is 473 g/mol. The SMILES string of the molecule is CC([NH3+])C(=O)NC(C)C(=O)CC(C)C(=O)NCNC(=O)C(C)CC(=O)C(C)NC(=O)C(C)[NH3+]. The van der Waals surface area contributed by atoms with Crippen molar-refractivity contribution in [3.8, 4) is 0 Å². The zero-order chi connectivity index (χ0) is 25.9. The second-order valence-electron chi connectivity index (χ2n) is 8.66. The summed E-state index contributed by atoms with van der Waals surface area (Å²) in [6.07, 6.45) is -0.152. The molecule has 0 aliphatic rings. The molecule has 0 aliphatic carbocycles. The smallest absolute Gasteiger partial charge is 0.278 e. The van der Waals surface area contributed by atoms with Crippen LogP contribution in [-0.2, 0) is 28.8 Å². The molecule has 0 saturated carbocycles. The molecule has 10 N–H and O–H groups in total. The van der Waals surface area contributed by atoms with Crippen molar-refractivity contribution in [3.05, 3.63) is 0 Å². The first-order valence-electron chi connectivity index (χ1n) is 11.0. The van der Waals surface area contributed by atoms with Gasteiger partial charge in [0.2, 0.25) is 11.8 Å². The van der Waals surface area contributed by atoms with Crippen LogP contribution in [0.25, 0.3) is 0 Å². The highest BCUT2D eigenvalue weighted by atomic mass is 16.2. The van der Waals surface area contributed by atoms with Gasteiger partial charge in [0, 0.05) is 24.7 Å². The molecule has 0 aromatic rings. The summed E-state index contributed by atoms with van der Waals surface area (Å²) in [5.41, 5.74) is 7.16. The Bertz CT molecular complexity index is 679. The second-order valence-corrected chi connectivity index (χ2v) is 8.66. The first kappa shape index (κ1) is 30.1. The van der Waals surface area contributed by atoms with E-state index >= 15 is 0 Å². The van der Waals surface area contributed by atoms with E-state index in [0.717, 1.165) is 0 Å². The lowest BCUT2D eigenvalue weighted by Crippen LogP contribution is -2.66. The Labute approximate surface area is 194 Å². The number of hydrogen-bond donors (Lipinski definition) is 6. The first-order valence-corrected chi connectivity index (χ1v) is 11.0. The molecule has 6 unspecified atom stereocenters. The van der Waals surface area contributed by atoms with Gasteiger partial charge in [-0.05, 0) is 27.7 Å². The van der Waals surface area contributed by atoms with Crippen molar-refractivity contribution in [2.45, 2.75) is 78.6 Å². The molecule has 0 fully saturated rings. The Morgan fingerprint density at radius 2 is 0.879 bits per heavy atom. The number of ketones is 2. The van der Waals surface area contributed by atoms with E-state index in [2.05, 4.69) is 32.7 Å². The van der Waals surface area contributed by atoms with Crippen LogP contribution in [0.5, 0.6) is 0 Å². The maximum Gasteiger partial charge on any atom is 0.278 e. The van der Waals surface area contributed by atoms with Crippen molar-refractivity contribution >= 4 is 35.2 Å². The third-order valence-corrected chi connectivity index (χ3v) is 5.01. The maximum atomic E-state index is 12.2. The monoisotopic (exact) mass is 472 g/mol. The number of nitrogens with one attached hydrogen (secondary N) is 4.